The number of benzene rings is 1. The number of nitrogens with zero attached hydrogens (tertiary/aromatic N) is 1. The van der Waals surface area contributed by atoms with Crippen molar-refractivity contribution in [3.63, 3.8) is 0 Å². The van der Waals surface area contributed by atoms with Gasteiger partial charge >= 0.3 is 6.09 Å². The van der Waals surface area contributed by atoms with Crippen LogP contribution < -0.4 is 0 Å². The first kappa shape index (κ1) is 13.7. The van der Waals surface area contributed by atoms with E-state index in [-0.39, 0.29) is 5.41 Å². The highest BCUT2D eigenvalue weighted by atomic mass is 79.9. The lowest BCUT2D eigenvalue weighted by Gasteiger charge is -2.51. The van der Waals surface area contributed by atoms with Crippen LogP contribution in [0.4, 0.5) is 4.79 Å². The van der Waals surface area contributed by atoms with E-state index in [2.05, 4.69) is 40.2 Å². The van der Waals surface area contributed by atoms with E-state index in [0.717, 1.165) is 43.2 Å². The van der Waals surface area contributed by atoms with Gasteiger partial charge in [-0.25, -0.2) is 4.79 Å². The first-order valence-corrected chi connectivity index (χ1v) is 7.79. The van der Waals surface area contributed by atoms with Gasteiger partial charge in [0.2, 0.25) is 0 Å². The van der Waals surface area contributed by atoms with Crippen LogP contribution in [0.1, 0.15) is 31.2 Å². The van der Waals surface area contributed by atoms with Crippen molar-refractivity contribution in [1.29, 1.82) is 0 Å². The lowest BCUT2D eigenvalue weighted by Crippen LogP contribution is -2.58. The Labute approximate surface area is 127 Å². The third-order valence-corrected chi connectivity index (χ3v) is 5.26. The van der Waals surface area contributed by atoms with Crippen molar-refractivity contribution in [3.8, 4) is 0 Å². The Morgan fingerprint density at radius 3 is 2.50 bits per heavy atom. The number of hydrogen-bond donors (Lipinski definition) is 1. The molecule has 1 spiro atoms. The van der Waals surface area contributed by atoms with E-state index in [4.69, 9.17) is 5.11 Å². The molecule has 0 aromatic heterocycles. The molecule has 0 radical (unpaired) electrons. The van der Waals surface area contributed by atoms with Gasteiger partial charge in [0.25, 0.3) is 0 Å². The Kier molecular flexibility index (Phi) is 3.59. The summed E-state index contributed by atoms with van der Waals surface area (Å²) in [6.45, 7) is 1.45. The molecule has 3 rings (SSSR count). The third-order valence-electron chi connectivity index (χ3n) is 4.54. The quantitative estimate of drug-likeness (QED) is 0.826. The summed E-state index contributed by atoms with van der Waals surface area (Å²) in [5, 5.41) is 8.93. The van der Waals surface area contributed by atoms with Crippen LogP contribution >= 0.6 is 15.9 Å². The van der Waals surface area contributed by atoms with E-state index < -0.39 is 6.09 Å². The number of allylic oxidation sites excluding steroid dienone is 1. The third kappa shape index (κ3) is 2.62. The molecule has 2 aliphatic rings. The van der Waals surface area contributed by atoms with Crippen LogP contribution in [0, 0.1) is 5.41 Å². The molecule has 1 N–H and O–H groups in total. The number of hydrogen-bond acceptors (Lipinski definition) is 1. The van der Waals surface area contributed by atoms with Crippen molar-refractivity contribution in [1.82, 2.24) is 4.90 Å². The molecule has 0 unspecified atom stereocenters. The molecule has 1 amide bonds. The maximum absolute atomic E-state index is 10.9. The molecule has 106 valence electrons. The Morgan fingerprint density at radius 2 is 1.90 bits per heavy atom. The molecule has 2 fully saturated rings. The van der Waals surface area contributed by atoms with Gasteiger partial charge < -0.3 is 10.0 Å². The van der Waals surface area contributed by atoms with Crippen LogP contribution in [-0.4, -0.2) is 29.2 Å². The molecule has 3 nitrogen and oxygen atoms in total. The molecule has 0 atom stereocenters. The highest BCUT2D eigenvalue weighted by Gasteiger charge is 2.46. The fraction of sp³-hybridized carbons (Fsp3) is 0.438. The standard InChI is InChI=1S/C16H18BrNO2/c17-14-4-2-1-3-13(14)9-12-5-7-16(8-6-12)10-18(11-16)15(19)20/h1-4,9H,5-8,10-11H2,(H,19,20). The highest BCUT2D eigenvalue weighted by Crippen LogP contribution is 2.45. The molecule has 1 saturated heterocycles. The Morgan fingerprint density at radius 1 is 1.25 bits per heavy atom. The molecule has 1 aromatic rings. The molecule has 0 bridgehead atoms. The summed E-state index contributed by atoms with van der Waals surface area (Å²) in [5.74, 6) is 0. The lowest BCUT2D eigenvalue weighted by atomic mass is 9.67. The molecule has 1 heterocycles. The number of carboxylic acid groups (broad SMARTS) is 1. The smallest absolute Gasteiger partial charge is 0.407 e. The van der Waals surface area contributed by atoms with Crippen molar-refractivity contribution in [2.45, 2.75) is 25.7 Å². The van der Waals surface area contributed by atoms with E-state index in [1.807, 2.05) is 6.07 Å². The average Bonchev–Trinajstić information content (AvgIpc) is 2.39. The zero-order valence-electron chi connectivity index (χ0n) is 11.3. The monoisotopic (exact) mass is 335 g/mol. The fourth-order valence-corrected chi connectivity index (χ4v) is 3.67. The molecule has 20 heavy (non-hydrogen) atoms. The van der Waals surface area contributed by atoms with Crippen LogP contribution in [0.3, 0.4) is 0 Å². The number of rotatable bonds is 1. The van der Waals surface area contributed by atoms with Crippen molar-refractivity contribution < 1.29 is 9.90 Å². The topological polar surface area (TPSA) is 40.5 Å². The predicted molar refractivity (Wildman–Crippen MR) is 82.6 cm³/mol. The van der Waals surface area contributed by atoms with Gasteiger partial charge in [-0.3, -0.25) is 0 Å². The lowest BCUT2D eigenvalue weighted by molar-refractivity contribution is -0.00796. The van der Waals surface area contributed by atoms with E-state index >= 15 is 0 Å². The average molecular weight is 336 g/mol. The second-order valence-electron chi connectivity index (χ2n) is 5.96. The summed E-state index contributed by atoms with van der Waals surface area (Å²) in [5.41, 5.74) is 2.99. The Bertz CT molecular complexity index is 549. The van der Waals surface area contributed by atoms with Crippen molar-refractivity contribution in [2.24, 2.45) is 5.41 Å². The minimum Gasteiger partial charge on any atom is -0.465 e. The number of halogens is 1. The van der Waals surface area contributed by atoms with Gasteiger partial charge in [-0.15, -0.1) is 0 Å². The van der Waals surface area contributed by atoms with Crippen molar-refractivity contribution >= 4 is 28.1 Å². The zero-order chi connectivity index (χ0) is 14.2. The van der Waals surface area contributed by atoms with Crippen LogP contribution in [0.2, 0.25) is 0 Å². The maximum atomic E-state index is 10.9. The second kappa shape index (κ2) is 5.24. The molecule has 1 aliphatic carbocycles. The van der Waals surface area contributed by atoms with Gasteiger partial charge in [0.05, 0.1) is 0 Å². The van der Waals surface area contributed by atoms with Crippen LogP contribution in [0.5, 0.6) is 0 Å². The largest absolute Gasteiger partial charge is 0.465 e. The minimum atomic E-state index is -0.773. The maximum Gasteiger partial charge on any atom is 0.407 e. The molecule has 1 aliphatic heterocycles. The van der Waals surface area contributed by atoms with E-state index in [9.17, 15) is 4.79 Å². The zero-order valence-corrected chi connectivity index (χ0v) is 12.9. The van der Waals surface area contributed by atoms with Crippen LogP contribution in [-0.2, 0) is 0 Å². The molecule has 4 heteroatoms. The molecule has 1 saturated carbocycles. The molecule has 1 aromatic carbocycles. The van der Waals surface area contributed by atoms with Gasteiger partial charge in [0.1, 0.15) is 0 Å². The first-order valence-electron chi connectivity index (χ1n) is 7.00. The highest BCUT2D eigenvalue weighted by molar-refractivity contribution is 9.10. The van der Waals surface area contributed by atoms with Crippen LogP contribution in [0.25, 0.3) is 6.08 Å². The van der Waals surface area contributed by atoms with Gasteiger partial charge in [0.15, 0.2) is 0 Å². The van der Waals surface area contributed by atoms with E-state index in [0.29, 0.717) is 0 Å². The predicted octanol–water partition coefficient (Wildman–Crippen LogP) is 4.39. The number of amides is 1. The van der Waals surface area contributed by atoms with Crippen molar-refractivity contribution in [3.05, 3.63) is 39.9 Å². The Hall–Kier alpha value is -1.29. The fourth-order valence-electron chi connectivity index (χ4n) is 3.27. The number of carbonyl (C=O) groups is 1. The van der Waals surface area contributed by atoms with E-state index in [1.54, 1.807) is 0 Å². The summed E-state index contributed by atoms with van der Waals surface area (Å²) >= 11 is 3.58. The molecular formula is C16H18BrNO2. The number of likely N-dealkylation sites (tertiary alicyclic amines) is 1. The summed E-state index contributed by atoms with van der Waals surface area (Å²) in [6, 6.07) is 8.26. The van der Waals surface area contributed by atoms with Crippen LogP contribution in [0.15, 0.2) is 34.3 Å². The summed E-state index contributed by atoms with van der Waals surface area (Å²) in [6.07, 6.45) is 5.93. The van der Waals surface area contributed by atoms with Crippen molar-refractivity contribution in [2.75, 3.05) is 13.1 Å². The van der Waals surface area contributed by atoms with Gasteiger partial charge in [-0.2, -0.15) is 0 Å². The first-order chi connectivity index (χ1) is 9.58. The van der Waals surface area contributed by atoms with Gasteiger partial charge in [0, 0.05) is 23.0 Å². The molecular weight excluding hydrogens is 318 g/mol. The SMILES string of the molecule is O=C(O)N1CC2(CCC(=Cc3ccccc3Br)CC2)C1. The minimum absolute atomic E-state index is 0.268. The van der Waals surface area contributed by atoms with Gasteiger partial charge in [-0.1, -0.05) is 45.8 Å². The second-order valence-corrected chi connectivity index (χ2v) is 6.82. The van der Waals surface area contributed by atoms with E-state index in [1.165, 1.54) is 16.0 Å². The summed E-state index contributed by atoms with van der Waals surface area (Å²) in [7, 11) is 0. The van der Waals surface area contributed by atoms with Gasteiger partial charge in [-0.05, 0) is 37.3 Å². The normalized spacial score (nSPS) is 20.6. The summed E-state index contributed by atoms with van der Waals surface area (Å²) in [4.78, 5) is 12.4. The Balaban J connectivity index is 1.62. The summed E-state index contributed by atoms with van der Waals surface area (Å²) < 4.78 is 1.13.